The molecule has 2 rings (SSSR count). The number of nitrogens with one attached hydrogen (secondary N) is 1. The van der Waals surface area contributed by atoms with Gasteiger partial charge in [0.15, 0.2) is 0 Å². The number of halogens is 2. The van der Waals surface area contributed by atoms with Crippen LogP contribution in [0.25, 0.3) is 0 Å². The average Bonchev–Trinajstić information content (AvgIpc) is 2.60. The van der Waals surface area contributed by atoms with Crippen molar-refractivity contribution in [1.82, 2.24) is 10.2 Å². The average molecular weight is 417 g/mol. The molecule has 1 unspecified atom stereocenters. The number of benzene rings is 1. The molecule has 6 nitrogen and oxygen atoms in total. The molecule has 150 valence electrons. The van der Waals surface area contributed by atoms with E-state index in [1.165, 1.54) is 7.05 Å². The maximum Gasteiger partial charge on any atom is 0.410 e. The Hall–Kier alpha value is -1.66. The Morgan fingerprint density at radius 3 is 2.56 bits per heavy atom. The predicted octanol–water partition coefficient (Wildman–Crippen LogP) is 4.62. The van der Waals surface area contributed by atoms with Crippen molar-refractivity contribution in [3.05, 3.63) is 33.8 Å². The van der Waals surface area contributed by atoms with E-state index in [0.717, 1.165) is 18.4 Å². The summed E-state index contributed by atoms with van der Waals surface area (Å²) < 4.78 is 10.9. The van der Waals surface area contributed by atoms with Crippen LogP contribution in [0.5, 0.6) is 0 Å². The summed E-state index contributed by atoms with van der Waals surface area (Å²) in [4.78, 5) is 25.9. The van der Waals surface area contributed by atoms with Gasteiger partial charge in [-0.15, -0.1) is 0 Å². The number of likely N-dealkylation sites (tertiary alicyclic amines) is 1. The Balaban J connectivity index is 2.32. The van der Waals surface area contributed by atoms with Crippen LogP contribution in [0, 0.1) is 0 Å². The van der Waals surface area contributed by atoms with Crippen LogP contribution in [-0.4, -0.2) is 49.4 Å². The first-order valence-electron chi connectivity index (χ1n) is 8.84. The molecule has 0 spiro atoms. The van der Waals surface area contributed by atoms with E-state index < -0.39 is 17.1 Å². The second-order valence-corrected chi connectivity index (χ2v) is 8.56. The number of carbonyl (C=O) groups excluding carboxylic acids is 2. The van der Waals surface area contributed by atoms with E-state index in [0.29, 0.717) is 23.1 Å². The van der Waals surface area contributed by atoms with Gasteiger partial charge in [0.2, 0.25) is 0 Å². The summed E-state index contributed by atoms with van der Waals surface area (Å²) in [6, 6.07) is 5.35. The van der Waals surface area contributed by atoms with Gasteiger partial charge in [0.1, 0.15) is 12.2 Å². The second kappa shape index (κ2) is 8.57. The van der Waals surface area contributed by atoms with Gasteiger partial charge in [-0.2, -0.15) is 0 Å². The van der Waals surface area contributed by atoms with Gasteiger partial charge >= 0.3 is 12.2 Å². The van der Waals surface area contributed by atoms with Gasteiger partial charge < -0.3 is 19.7 Å². The van der Waals surface area contributed by atoms with E-state index in [1.54, 1.807) is 17.0 Å². The van der Waals surface area contributed by atoms with Crippen molar-refractivity contribution in [2.45, 2.75) is 44.6 Å². The zero-order valence-electron chi connectivity index (χ0n) is 16.1. The van der Waals surface area contributed by atoms with Crippen LogP contribution in [-0.2, 0) is 14.9 Å². The van der Waals surface area contributed by atoms with Crippen LogP contribution in [0.1, 0.15) is 39.2 Å². The van der Waals surface area contributed by atoms with Crippen LogP contribution in [0.4, 0.5) is 9.59 Å². The summed E-state index contributed by atoms with van der Waals surface area (Å²) in [6.07, 6.45) is 0.577. The fourth-order valence-electron chi connectivity index (χ4n) is 3.15. The van der Waals surface area contributed by atoms with Crippen LogP contribution in [0.3, 0.4) is 0 Å². The number of alkyl carbamates (subject to hydrolysis) is 1. The molecule has 1 aliphatic heterocycles. The molecule has 1 aromatic carbocycles. The van der Waals surface area contributed by atoms with Crippen LogP contribution in [0.15, 0.2) is 18.2 Å². The molecule has 0 bridgehead atoms. The Kier molecular flexibility index (Phi) is 6.87. The number of amides is 2. The van der Waals surface area contributed by atoms with Gasteiger partial charge in [0.25, 0.3) is 0 Å². The lowest BCUT2D eigenvalue weighted by Crippen LogP contribution is -2.52. The van der Waals surface area contributed by atoms with E-state index in [2.05, 4.69) is 5.32 Å². The predicted molar refractivity (Wildman–Crippen MR) is 106 cm³/mol. The molecule has 1 fully saturated rings. The molecule has 0 saturated carbocycles. The molecule has 0 aliphatic carbocycles. The quantitative estimate of drug-likeness (QED) is 0.780. The van der Waals surface area contributed by atoms with Gasteiger partial charge in [0.05, 0.1) is 10.0 Å². The van der Waals surface area contributed by atoms with Crippen LogP contribution < -0.4 is 5.32 Å². The smallest absolute Gasteiger partial charge is 0.410 e. The molecule has 2 amide bonds. The first-order chi connectivity index (χ1) is 12.6. The number of hydrogen-bond acceptors (Lipinski definition) is 4. The zero-order chi connectivity index (χ0) is 20.2. The molecule has 1 aromatic rings. The molecular formula is C19H26Cl2N2O4. The lowest BCUT2D eigenvalue weighted by atomic mass is 9.74. The van der Waals surface area contributed by atoms with Crippen molar-refractivity contribution in [3.63, 3.8) is 0 Å². The molecule has 1 atom stereocenters. The maximum atomic E-state index is 12.6. The number of nitrogens with zero attached hydrogens (tertiary/aromatic N) is 1. The molecule has 27 heavy (non-hydrogen) atoms. The maximum absolute atomic E-state index is 12.6. The van der Waals surface area contributed by atoms with Gasteiger partial charge in [-0.05, 0) is 51.3 Å². The fraction of sp³-hybridized carbons (Fsp3) is 0.579. The van der Waals surface area contributed by atoms with Gasteiger partial charge in [-0.25, -0.2) is 9.59 Å². The normalized spacial score (nSPS) is 20.1. The Morgan fingerprint density at radius 1 is 1.26 bits per heavy atom. The minimum atomic E-state index is -0.587. The summed E-state index contributed by atoms with van der Waals surface area (Å²) in [5.74, 6) is 0. The van der Waals surface area contributed by atoms with E-state index >= 15 is 0 Å². The second-order valence-electron chi connectivity index (χ2n) is 7.74. The van der Waals surface area contributed by atoms with Gasteiger partial charge in [-0.1, -0.05) is 29.3 Å². The summed E-state index contributed by atoms with van der Waals surface area (Å²) in [5, 5.41) is 3.31. The summed E-state index contributed by atoms with van der Waals surface area (Å²) in [7, 11) is 1.50. The molecule has 1 N–H and O–H groups in total. The third kappa shape index (κ3) is 5.66. The minimum Gasteiger partial charge on any atom is -0.449 e. The SMILES string of the molecule is CNC(=O)OCC1(c2ccc(Cl)c(Cl)c2)CCCN(C(=O)OC(C)(C)C)C1. The number of carbonyl (C=O) groups is 2. The van der Waals surface area contributed by atoms with Gasteiger partial charge in [-0.3, -0.25) is 0 Å². The first kappa shape index (κ1) is 21.6. The minimum absolute atomic E-state index is 0.115. The molecular weight excluding hydrogens is 391 g/mol. The monoisotopic (exact) mass is 416 g/mol. The Bertz CT molecular complexity index is 705. The Labute approximate surface area is 170 Å². The summed E-state index contributed by atoms with van der Waals surface area (Å²) >= 11 is 12.3. The highest BCUT2D eigenvalue weighted by Crippen LogP contribution is 2.37. The lowest BCUT2D eigenvalue weighted by Gasteiger charge is -2.43. The molecule has 1 saturated heterocycles. The highest BCUT2D eigenvalue weighted by molar-refractivity contribution is 6.42. The molecule has 0 aromatic heterocycles. The number of hydrogen-bond donors (Lipinski definition) is 1. The van der Waals surface area contributed by atoms with Gasteiger partial charge in [0, 0.05) is 25.6 Å². The van der Waals surface area contributed by atoms with Crippen LogP contribution >= 0.6 is 23.2 Å². The molecule has 1 heterocycles. The topological polar surface area (TPSA) is 67.9 Å². The Morgan fingerprint density at radius 2 is 1.96 bits per heavy atom. The largest absolute Gasteiger partial charge is 0.449 e. The van der Waals surface area contributed by atoms with Crippen molar-refractivity contribution in [2.75, 3.05) is 26.7 Å². The molecule has 8 heteroatoms. The standard InChI is InChI=1S/C19H26Cl2N2O4/c1-18(2,3)27-17(25)23-9-5-8-19(11-23,12-26-16(24)22-4)13-6-7-14(20)15(21)10-13/h6-7,10H,5,8-9,11-12H2,1-4H3,(H,22,24). The van der Waals surface area contributed by atoms with Crippen molar-refractivity contribution in [1.29, 1.82) is 0 Å². The van der Waals surface area contributed by atoms with Crippen molar-refractivity contribution < 1.29 is 19.1 Å². The van der Waals surface area contributed by atoms with Crippen molar-refractivity contribution in [3.8, 4) is 0 Å². The van der Waals surface area contributed by atoms with E-state index in [4.69, 9.17) is 32.7 Å². The zero-order valence-corrected chi connectivity index (χ0v) is 17.6. The number of ether oxygens (including phenoxy) is 2. The lowest BCUT2D eigenvalue weighted by molar-refractivity contribution is 0.00648. The van der Waals surface area contributed by atoms with Crippen molar-refractivity contribution >= 4 is 35.4 Å². The highest BCUT2D eigenvalue weighted by atomic mass is 35.5. The third-order valence-corrected chi connectivity index (χ3v) is 5.18. The third-order valence-electron chi connectivity index (χ3n) is 4.44. The van der Waals surface area contributed by atoms with Crippen LogP contribution in [0.2, 0.25) is 10.0 Å². The van der Waals surface area contributed by atoms with Crippen molar-refractivity contribution in [2.24, 2.45) is 0 Å². The summed E-state index contributed by atoms with van der Waals surface area (Å²) in [5.41, 5.74) is -0.302. The highest BCUT2D eigenvalue weighted by Gasteiger charge is 2.41. The fourth-order valence-corrected chi connectivity index (χ4v) is 3.45. The molecule has 0 radical (unpaired) electrons. The first-order valence-corrected chi connectivity index (χ1v) is 9.60. The number of piperidine rings is 1. The van der Waals surface area contributed by atoms with E-state index in [-0.39, 0.29) is 12.7 Å². The molecule has 1 aliphatic rings. The number of rotatable bonds is 3. The van der Waals surface area contributed by atoms with E-state index in [9.17, 15) is 9.59 Å². The summed E-state index contributed by atoms with van der Waals surface area (Å²) in [6.45, 7) is 6.54. The van der Waals surface area contributed by atoms with E-state index in [1.807, 2.05) is 26.8 Å².